The van der Waals surface area contributed by atoms with Gasteiger partial charge in [0.05, 0.1) is 11.1 Å². The van der Waals surface area contributed by atoms with E-state index in [0.29, 0.717) is 0 Å². The summed E-state index contributed by atoms with van der Waals surface area (Å²) in [7, 11) is 1.40. The molecule has 3 amide bonds. The van der Waals surface area contributed by atoms with Crippen molar-refractivity contribution in [2.24, 2.45) is 5.92 Å². The maximum Gasteiger partial charge on any atom is 0.405 e. The minimum Gasteiger partial charge on any atom is -0.335 e. The number of benzene rings is 1. The number of piperazine rings is 1. The Bertz CT molecular complexity index is 853. The van der Waals surface area contributed by atoms with Crippen LogP contribution < -0.4 is 0 Å². The monoisotopic (exact) mass is 411 g/mol. The van der Waals surface area contributed by atoms with Crippen molar-refractivity contribution in [2.45, 2.75) is 39.0 Å². The number of carbonyl (C=O) groups excluding carboxylic acids is 3. The van der Waals surface area contributed by atoms with E-state index in [1.807, 2.05) is 13.8 Å². The van der Waals surface area contributed by atoms with Crippen LogP contribution in [0.3, 0.4) is 0 Å². The summed E-state index contributed by atoms with van der Waals surface area (Å²) in [6, 6.07) is 1.90. The van der Waals surface area contributed by atoms with Gasteiger partial charge in [0.2, 0.25) is 0 Å². The second kappa shape index (κ2) is 7.44. The largest absolute Gasteiger partial charge is 0.405 e. The summed E-state index contributed by atoms with van der Waals surface area (Å²) in [6.45, 7) is 5.32. The SMILES string of the molecule is CC(C)CN1C(=O)c2ccc(C(=O)N3CC(C)N(C)C(C(F)(F)F)C3)cc2C1=O. The van der Waals surface area contributed by atoms with Crippen LogP contribution in [0.4, 0.5) is 13.2 Å². The molecule has 2 unspecified atom stereocenters. The quantitative estimate of drug-likeness (QED) is 0.718. The zero-order valence-electron chi connectivity index (χ0n) is 16.8. The molecule has 1 aromatic carbocycles. The van der Waals surface area contributed by atoms with E-state index in [4.69, 9.17) is 0 Å². The standard InChI is InChI=1S/C20H24F3N3O3/c1-11(2)8-26-18(28)14-6-5-13(7-15(14)19(26)29)17(27)25-9-12(3)24(4)16(10-25)20(21,22)23/h5-7,11-12,16H,8-10H2,1-4H3. The van der Waals surface area contributed by atoms with Gasteiger partial charge in [-0.15, -0.1) is 0 Å². The van der Waals surface area contributed by atoms with Crippen LogP contribution >= 0.6 is 0 Å². The van der Waals surface area contributed by atoms with Crippen LogP contribution in [-0.2, 0) is 0 Å². The summed E-state index contributed by atoms with van der Waals surface area (Å²) in [4.78, 5) is 41.5. The number of carbonyl (C=O) groups is 3. The molecule has 0 N–H and O–H groups in total. The minimum absolute atomic E-state index is 0.0874. The highest BCUT2D eigenvalue weighted by Crippen LogP contribution is 2.30. The average molecular weight is 411 g/mol. The van der Waals surface area contributed by atoms with Crippen LogP contribution in [0.1, 0.15) is 51.8 Å². The summed E-state index contributed by atoms with van der Waals surface area (Å²) >= 11 is 0. The Kier molecular flexibility index (Phi) is 5.46. The molecule has 29 heavy (non-hydrogen) atoms. The minimum atomic E-state index is -4.46. The highest BCUT2D eigenvalue weighted by atomic mass is 19.4. The van der Waals surface area contributed by atoms with E-state index in [1.165, 1.54) is 30.1 Å². The van der Waals surface area contributed by atoms with Gasteiger partial charge in [0.25, 0.3) is 17.7 Å². The molecule has 2 heterocycles. The van der Waals surface area contributed by atoms with Crippen molar-refractivity contribution >= 4 is 17.7 Å². The van der Waals surface area contributed by atoms with E-state index in [9.17, 15) is 27.6 Å². The Hall–Kier alpha value is -2.42. The average Bonchev–Trinajstić information content (AvgIpc) is 2.86. The molecular formula is C20H24F3N3O3. The number of fused-ring (bicyclic) bond motifs is 1. The maximum atomic E-state index is 13.4. The summed E-state index contributed by atoms with van der Waals surface area (Å²) in [5.41, 5.74) is 0.442. The molecule has 0 bridgehead atoms. The van der Waals surface area contributed by atoms with Gasteiger partial charge in [0.1, 0.15) is 6.04 Å². The number of halogens is 3. The number of nitrogens with zero attached hydrogens (tertiary/aromatic N) is 3. The Morgan fingerprint density at radius 2 is 1.76 bits per heavy atom. The summed E-state index contributed by atoms with van der Waals surface area (Å²) < 4.78 is 40.1. The predicted molar refractivity (Wildman–Crippen MR) is 99.6 cm³/mol. The summed E-state index contributed by atoms with van der Waals surface area (Å²) in [5, 5.41) is 0. The fraction of sp³-hybridized carbons (Fsp3) is 0.550. The Balaban J connectivity index is 1.86. The smallest absolute Gasteiger partial charge is 0.335 e. The van der Waals surface area contributed by atoms with Gasteiger partial charge in [-0.25, -0.2) is 0 Å². The highest BCUT2D eigenvalue weighted by Gasteiger charge is 2.48. The molecule has 1 aromatic rings. The molecule has 6 nitrogen and oxygen atoms in total. The van der Waals surface area contributed by atoms with Crippen molar-refractivity contribution in [3.8, 4) is 0 Å². The normalized spacial score (nSPS) is 23.2. The fourth-order valence-corrected chi connectivity index (χ4v) is 3.80. The van der Waals surface area contributed by atoms with E-state index in [1.54, 1.807) is 6.92 Å². The first-order chi connectivity index (χ1) is 13.4. The number of rotatable bonds is 3. The fourth-order valence-electron chi connectivity index (χ4n) is 3.80. The number of amides is 3. The Morgan fingerprint density at radius 3 is 2.34 bits per heavy atom. The third-order valence-electron chi connectivity index (χ3n) is 5.50. The first kappa shape index (κ1) is 21.3. The molecule has 158 valence electrons. The van der Waals surface area contributed by atoms with Crippen LogP contribution in [0.15, 0.2) is 18.2 Å². The number of hydrogen-bond donors (Lipinski definition) is 0. The molecule has 2 aliphatic rings. The van der Waals surface area contributed by atoms with Gasteiger partial charge in [0, 0.05) is 31.2 Å². The van der Waals surface area contributed by atoms with E-state index in [0.717, 1.165) is 9.80 Å². The molecule has 1 fully saturated rings. The van der Waals surface area contributed by atoms with E-state index in [-0.39, 0.29) is 35.7 Å². The van der Waals surface area contributed by atoms with Crippen LogP contribution in [0.5, 0.6) is 0 Å². The van der Waals surface area contributed by atoms with Gasteiger partial charge in [-0.2, -0.15) is 13.2 Å². The van der Waals surface area contributed by atoms with Crippen molar-refractivity contribution in [3.63, 3.8) is 0 Å². The second-order valence-electron chi connectivity index (χ2n) is 8.16. The Labute approximate surface area is 167 Å². The summed E-state index contributed by atoms with van der Waals surface area (Å²) in [6.07, 6.45) is -4.46. The van der Waals surface area contributed by atoms with Gasteiger partial charge in [-0.05, 0) is 38.1 Å². The second-order valence-corrected chi connectivity index (χ2v) is 8.16. The third kappa shape index (κ3) is 3.88. The van der Waals surface area contributed by atoms with Crippen molar-refractivity contribution in [2.75, 3.05) is 26.7 Å². The Morgan fingerprint density at radius 1 is 1.14 bits per heavy atom. The topological polar surface area (TPSA) is 60.9 Å². The first-order valence-electron chi connectivity index (χ1n) is 9.50. The van der Waals surface area contributed by atoms with Gasteiger partial charge in [0.15, 0.2) is 0 Å². The van der Waals surface area contributed by atoms with Gasteiger partial charge < -0.3 is 4.90 Å². The molecule has 0 spiro atoms. The molecule has 2 aliphatic heterocycles. The van der Waals surface area contributed by atoms with Crippen LogP contribution in [0.25, 0.3) is 0 Å². The van der Waals surface area contributed by atoms with Crippen LogP contribution in [0.2, 0.25) is 0 Å². The van der Waals surface area contributed by atoms with E-state index < -0.39 is 42.5 Å². The first-order valence-corrected chi connectivity index (χ1v) is 9.50. The maximum absolute atomic E-state index is 13.4. The molecule has 0 radical (unpaired) electrons. The van der Waals surface area contributed by atoms with Crippen molar-refractivity contribution in [1.82, 2.24) is 14.7 Å². The molecule has 2 atom stereocenters. The lowest BCUT2D eigenvalue weighted by atomic mass is 10.0. The highest BCUT2D eigenvalue weighted by molar-refractivity contribution is 6.22. The molecular weight excluding hydrogens is 387 g/mol. The van der Waals surface area contributed by atoms with E-state index in [2.05, 4.69) is 0 Å². The molecule has 0 aliphatic carbocycles. The number of likely N-dealkylation sites (N-methyl/N-ethyl adjacent to an activating group) is 1. The molecule has 3 rings (SSSR count). The zero-order valence-corrected chi connectivity index (χ0v) is 16.8. The lowest BCUT2D eigenvalue weighted by Crippen LogP contribution is -2.62. The van der Waals surface area contributed by atoms with Crippen LogP contribution in [0, 0.1) is 5.92 Å². The predicted octanol–water partition coefficient (Wildman–Crippen LogP) is 2.65. The summed E-state index contributed by atoms with van der Waals surface area (Å²) in [5.74, 6) is -1.38. The van der Waals surface area contributed by atoms with Gasteiger partial charge in [-0.3, -0.25) is 24.2 Å². The molecule has 0 saturated carbocycles. The molecule has 9 heteroatoms. The lowest BCUT2D eigenvalue weighted by Gasteiger charge is -2.44. The van der Waals surface area contributed by atoms with Crippen molar-refractivity contribution in [3.05, 3.63) is 34.9 Å². The number of imide groups is 1. The number of alkyl halides is 3. The van der Waals surface area contributed by atoms with Crippen molar-refractivity contribution < 1.29 is 27.6 Å². The van der Waals surface area contributed by atoms with Crippen molar-refractivity contribution in [1.29, 1.82) is 0 Å². The zero-order chi connectivity index (χ0) is 21.7. The lowest BCUT2D eigenvalue weighted by molar-refractivity contribution is -0.197. The van der Waals surface area contributed by atoms with Crippen LogP contribution in [-0.4, -0.2) is 77.4 Å². The molecule has 1 saturated heterocycles. The number of hydrogen-bond acceptors (Lipinski definition) is 4. The third-order valence-corrected chi connectivity index (χ3v) is 5.50. The van der Waals surface area contributed by atoms with E-state index >= 15 is 0 Å². The van der Waals surface area contributed by atoms with Gasteiger partial charge >= 0.3 is 6.18 Å². The van der Waals surface area contributed by atoms with Gasteiger partial charge in [-0.1, -0.05) is 13.8 Å². The molecule has 0 aromatic heterocycles.